The average Bonchev–Trinajstić information content (AvgIpc) is 2.85. The second-order valence-corrected chi connectivity index (χ2v) is 14.7. The Kier molecular flexibility index (Phi) is 8.96. The lowest BCUT2D eigenvalue weighted by atomic mass is 9.85. The first-order chi connectivity index (χ1) is 16.4. The predicted octanol–water partition coefficient (Wildman–Crippen LogP) is 10.5. The lowest BCUT2D eigenvalue weighted by Crippen LogP contribution is -2.31. The fourth-order valence-electron chi connectivity index (χ4n) is 6.83. The Balaban J connectivity index is 1.97. The van der Waals surface area contributed by atoms with Gasteiger partial charge in [-0.25, -0.2) is 0 Å². The van der Waals surface area contributed by atoms with Crippen molar-refractivity contribution in [3.8, 4) is 11.1 Å². The maximum Gasteiger partial charge on any atom is -0.0140 e. The van der Waals surface area contributed by atoms with E-state index in [9.17, 15) is 0 Å². The zero-order valence-corrected chi connectivity index (χ0v) is 23.8. The molecule has 0 N–H and O–H groups in total. The van der Waals surface area contributed by atoms with Gasteiger partial charge in [0.2, 0.25) is 0 Å². The summed E-state index contributed by atoms with van der Waals surface area (Å²) in [5.74, 6) is 1.70. The Labute approximate surface area is 212 Å². The molecule has 0 atom stereocenters. The van der Waals surface area contributed by atoms with Crippen molar-refractivity contribution in [2.24, 2.45) is 0 Å². The third-order valence-corrected chi connectivity index (χ3v) is 12.1. The first-order valence-corrected chi connectivity index (χ1v) is 15.9. The third kappa shape index (κ3) is 5.48. The van der Waals surface area contributed by atoms with Gasteiger partial charge in [-0.3, -0.25) is 0 Å². The summed E-state index contributed by atoms with van der Waals surface area (Å²) >= 11 is 0. The number of hydrogen-bond donors (Lipinski definition) is 0. The first-order valence-electron chi connectivity index (χ1n) is 14.4. The Hall–Kier alpha value is -1.13. The van der Waals surface area contributed by atoms with E-state index >= 15 is 0 Å². The Morgan fingerprint density at radius 3 is 1.59 bits per heavy atom. The molecule has 186 valence electrons. The molecule has 1 heteroatoms. The lowest BCUT2D eigenvalue weighted by Gasteiger charge is -2.42. The maximum atomic E-state index is 2.55. The van der Waals surface area contributed by atoms with E-state index in [-0.39, 0.29) is 7.92 Å². The summed E-state index contributed by atoms with van der Waals surface area (Å²) < 4.78 is 0. The second-order valence-electron chi connectivity index (χ2n) is 12.0. The molecule has 2 fully saturated rings. The number of benzene rings is 2. The summed E-state index contributed by atoms with van der Waals surface area (Å²) in [7, 11) is -0.130. The molecule has 2 aromatic rings. The summed E-state index contributed by atoms with van der Waals surface area (Å²) in [6.45, 7) is 14.5. The number of rotatable bonds is 7. The molecule has 0 unspecified atom stereocenters. The van der Waals surface area contributed by atoms with Crippen LogP contribution in [0.25, 0.3) is 11.1 Å². The minimum absolute atomic E-state index is 0.130. The minimum Gasteiger partial charge on any atom is -0.0683 e. The normalized spacial score (nSPS) is 18.5. The van der Waals surface area contributed by atoms with Crippen LogP contribution in [-0.4, -0.2) is 11.3 Å². The van der Waals surface area contributed by atoms with Gasteiger partial charge in [-0.15, -0.1) is 0 Å². The van der Waals surface area contributed by atoms with Crippen LogP contribution in [0.3, 0.4) is 0 Å². The van der Waals surface area contributed by atoms with E-state index in [1.165, 1.54) is 80.9 Å². The van der Waals surface area contributed by atoms with Gasteiger partial charge in [0.15, 0.2) is 0 Å². The fraction of sp³-hybridized carbons (Fsp3) is 0.636. The molecule has 0 nitrogen and oxygen atoms in total. The van der Waals surface area contributed by atoms with E-state index in [0.29, 0.717) is 17.8 Å². The van der Waals surface area contributed by atoms with Crippen LogP contribution < -0.4 is 5.30 Å². The van der Waals surface area contributed by atoms with Crippen molar-refractivity contribution in [2.45, 2.75) is 135 Å². The molecule has 0 aromatic heterocycles. The lowest BCUT2D eigenvalue weighted by molar-refractivity contribution is 0.486. The van der Waals surface area contributed by atoms with Gasteiger partial charge in [0.1, 0.15) is 0 Å². The molecule has 0 aliphatic heterocycles. The molecule has 2 saturated carbocycles. The third-order valence-electron chi connectivity index (χ3n) is 8.51. The molecule has 34 heavy (non-hydrogen) atoms. The van der Waals surface area contributed by atoms with Crippen molar-refractivity contribution in [3.63, 3.8) is 0 Å². The fourth-order valence-corrected chi connectivity index (χ4v) is 11.3. The molecule has 2 aromatic carbocycles. The highest BCUT2D eigenvalue weighted by atomic mass is 31.1. The van der Waals surface area contributed by atoms with Crippen LogP contribution in [0.15, 0.2) is 36.4 Å². The van der Waals surface area contributed by atoms with Gasteiger partial charge in [0, 0.05) is 0 Å². The zero-order chi connectivity index (χ0) is 24.2. The highest BCUT2D eigenvalue weighted by molar-refractivity contribution is 7.67. The van der Waals surface area contributed by atoms with E-state index in [1.807, 2.05) is 5.30 Å². The van der Waals surface area contributed by atoms with Crippen LogP contribution in [0.2, 0.25) is 0 Å². The van der Waals surface area contributed by atoms with Crippen LogP contribution in [0.4, 0.5) is 0 Å². The highest BCUT2D eigenvalue weighted by Gasteiger charge is 2.36. The molecular weight excluding hydrogens is 427 g/mol. The van der Waals surface area contributed by atoms with Crippen molar-refractivity contribution in [1.82, 2.24) is 0 Å². The molecule has 0 radical (unpaired) electrons. The molecule has 0 amide bonds. The smallest absolute Gasteiger partial charge is 0.0140 e. The van der Waals surface area contributed by atoms with Crippen LogP contribution in [0.5, 0.6) is 0 Å². The van der Waals surface area contributed by atoms with Crippen LogP contribution >= 0.6 is 7.92 Å². The topological polar surface area (TPSA) is 0 Å². The minimum atomic E-state index is -0.130. The average molecular weight is 477 g/mol. The quantitative estimate of drug-likeness (QED) is 0.349. The molecule has 0 spiro atoms. The van der Waals surface area contributed by atoms with Crippen LogP contribution in [-0.2, 0) is 0 Å². The van der Waals surface area contributed by atoms with E-state index < -0.39 is 0 Å². The molecular formula is C33H49P. The second kappa shape index (κ2) is 11.7. The highest BCUT2D eigenvalue weighted by Crippen LogP contribution is 2.57. The summed E-state index contributed by atoms with van der Waals surface area (Å²) in [4.78, 5) is 0. The van der Waals surface area contributed by atoms with Crippen molar-refractivity contribution >= 4 is 13.2 Å². The summed E-state index contributed by atoms with van der Waals surface area (Å²) in [6.07, 6.45) is 14.7. The molecule has 0 bridgehead atoms. The maximum absolute atomic E-state index is 2.55. The van der Waals surface area contributed by atoms with E-state index in [0.717, 1.165) is 11.3 Å². The molecule has 4 rings (SSSR count). The Bertz CT molecular complexity index is 908. The molecule has 2 aliphatic carbocycles. The first kappa shape index (κ1) is 25.9. The molecule has 2 aliphatic rings. The molecule has 0 saturated heterocycles. The largest absolute Gasteiger partial charge is 0.0683 e. The van der Waals surface area contributed by atoms with Crippen LogP contribution in [0.1, 0.15) is 140 Å². The van der Waals surface area contributed by atoms with E-state index in [4.69, 9.17) is 0 Å². The van der Waals surface area contributed by atoms with Gasteiger partial charge in [-0.05, 0) is 87.9 Å². The zero-order valence-electron chi connectivity index (χ0n) is 22.9. The van der Waals surface area contributed by atoms with Crippen LogP contribution in [0, 0.1) is 0 Å². The van der Waals surface area contributed by atoms with Gasteiger partial charge >= 0.3 is 0 Å². The van der Waals surface area contributed by atoms with Crippen molar-refractivity contribution in [2.75, 3.05) is 0 Å². The molecule has 0 heterocycles. The van der Waals surface area contributed by atoms with Gasteiger partial charge in [-0.1, -0.05) is 124 Å². The van der Waals surface area contributed by atoms with Crippen molar-refractivity contribution in [1.29, 1.82) is 0 Å². The number of hydrogen-bond acceptors (Lipinski definition) is 0. The monoisotopic (exact) mass is 476 g/mol. The SMILES string of the molecule is CC(C)c1ccccc1-c1ccc(C(C)C)c(P(C2CCCCC2)C2CCCCC2)c1C(C)C. The predicted molar refractivity (Wildman–Crippen MR) is 154 cm³/mol. The summed E-state index contributed by atoms with van der Waals surface area (Å²) in [5, 5.41) is 1.86. The van der Waals surface area contributed by atoms with Gasteiger partial charge in [0.25, 0.3) is 0 Å². The van der Waals surface area contributed by atoms with Crippen molar-refractivity contribution in [3.05, 3.63) is 53.1 Å². The Morgan fingerprint density at radius 2 is 1.09 bits per heavy atom. The van der Waals surface area contributed by atoms with E-state index in [2.05, 4.69) is 77.9 Å². The van der Waals surface area contributed by atoms with E-state index in [1.54, 1.807) is 11.1 Å². The van der Waals surface area contributed by atoms with Gasteiger partial charge in [-0.2, -0.15) is 0 Å². The Morgan fingerprint density at radius 1 is 0.559 bits per heavy atom. The van der Waals surface area contributed by atoms with Crippen molar-refractivity contribution < 1.29 is 0 Å². The summed E-state index contributed by atoms with van der Waals surface area (Å²) in [5.41, 5.74) is 9.80. The van der Waals surface area contributed by atoms with Gasteiger partial charge < -0.3 is 0 Å². The summed E-state index contributed by atoms with van der Waals surface area (Å²) in [6, 6.07) is 14.3. The standard InChI is InChI=1S/C33H49P/c1-23(2)28-19-13-14-20-30(28)31-22-21-29(24(3)4)33(32(31)25(5)6)34(26-15-9-7-10-16-26)27-17-11-8-12-18-27/h13-14,19-27H,7-12,15-18H2,1-6H3. The van der Waals surface area contributed by atoms with Gasteiger partial charge in [0.05, 0.1) is 0 Å².